The first-order valence-electron chi connectivity index (χ1n) is 11.7. The minimum atomic E-state index is -0.179. The molecule has 2 N–H and O–H groups in total. The molecule has 0 radical (unpaired) electrons. The summed E-state index contributed by atoms with van der Waals surface area (Å²) in [5.74, 6) is 1.64. The number of methoxy groups -OCH3 is 1. The van der Waals surface area contributed by atoms with Crippen LogP contribution >= 0.6 is 0 Å². The first-order chi connectivity index (χ1) is 16.0. The highest BCUT2D eigenvalue weighted by atomic mass is 16.5. The molecule has 5 rings (SSSR count). The van der Waals surface area contributed by atoms with Crippen LogP contribution in [0.1, 0.15) is 61.3 Å². The Kier molecular flexibility index (Phi) is 5.67. The van der Waals surface area contributed by atoms with Crippen LogP contribution in [0.2, 0.25) is 0 Å². The highest BCUT2D eigenvalue weighted by Gasteiger charge is 2.36. The zero-order valence-corrected chi connectivity index (χ0v) is 19.4. The maximum absolute atomic E-state index is 13.6. The molecular formula is C29H30N2O2. The molecule has 33 heavy (non-hydrogen) atoms. The topological polar surface area (TPSA) is 50.4 Å². The molecular weight excluding hydrogens is 408 g/mol. The van der Waals surface area contributed by atoms with Crippen LogP contribution in [-0.4, -0.2) is 12.9 Å². The van der Waals surface area contributed by atoms with Gasteiger partial charge in [0, 0.05) is 17.7 Å². The van der Waals surface area contributed by atoms with Gasteiger partial charge in [0.2, 0.25) is 0 Å². The van der Waals surface area contributed by atoms with Gasteiger partial charge in [-0.3, -0.25) is 4.79 Å². The lowest BCUT2D eigenvalue weighted by Gasteiger charge is -2.30. The number of fused-ring (bicyclic) bond motifs is 1. The number of carbonyl (C=O) groups is 1. The molecule has 2 unspecified atom stereocenters. The minimum Gasteiger partial charge on any atom is -0.497 e. The van der Waals surface area contributed by atoms with Crippen LogP contribution in [0.3, 0.4) is 0 Å². The normalized spacial score (nSPS) is 19.8. The fourth-order valence-electron chi connectivity index (χ4n) is 4.93. The van der Waals surface area contributed by atoms with Crippen LogP contribution in [0.4, 0.5) is 11.4 Å². The van der Waals surface area contributed by atoms with E-state index in [4.69, 9.17) is 4.74 Å². The van der Waals surface area contributed by atoms with Gasteiger partial charge in [-0.05, 0) is 59.2 Å². The van der Waals surface area contributed by atoms with Gasteiger partial charge in [-0.1, -0.05) is 62.4 Å². The number of ether oxygens (including phenoxy) is 1. The highest BCUT2D eigenvalue weighted by molar-refractivity contribution is 6.01. The summed E-state index contributed by atoms with van der Waals surface area (Å²) in [6, 6.07) is 24.8. The number of ketones is 1. The molecule has 2 atom stereocenters. The van der Waals surface area contributed by atoms with Crippen molar-refractivity contribution in [2.24, 2.45) is 0 Å². The minimum absolute atomic E-state index is 0.142. The molecule has 0 saturated heterocycles. The van der Waals surface area contributed by atoms with Crippen molar-refractivity contribution in [3.8, 4) is 5.75 Å². The van der Waals surface area contributed by atoms with Crippen molar-refractivity contribution >= 4 is 17.2 Å². The van der Waals surface area contributed by atoms with E-state index >= 15 is 0 Å². The van der Waals surface area contributed by atoms with Gasteiger partial charge in [0.15, 0.2) is 5.78 Å². The van der Waals surface area contributed by atoms with Crippen LogP contribution in [-0.2, 0) is 4.79 Å². The summed E-state index contributed by atoms with van der Waals surface area (Å²) < 4.78 is 5.31. The Balaban J connectivity index is 1.55. The van der Waals surface area contributed by atoms with E-state index < -0.39 is 0 Å². The van der Waals surface area contributed by atoms with E-state index in [9.17, 15) is 4.79 Å². The van der Waals surface area contributed by atoms with Crippen molar-refractivity contribution < 1.29 is 9.53 Å². The summed E-state index contributed by atoms with van der Waals surface area (Å²) in [5, 5.41) is 7.28. The number of carbonyl (C=O) groups excluding carboxylic acids is 1. The molecule has 0 saturated carbocycles. The predicted octanol–water partition coefficient (Wildman–Crippen LogP) is 6.80. The summed E-state index contributed by atoms with van der Waals surface area (Å²) in [6.07, 6.45) is 1.30. The lowest BCUT2D eigenvalue weighted by atomic mass is 9.78. The number of hydrogen-bond donors (Lipinski definition) is 2. The molecule has 3 aromatic carbocycles. The highest BCUT2D eigenvalue weighted by Crippen LogP contribution is 2.44. The number of nitrogens with one attached hydrogen (secondary N) is 2. The van der Waals surface area contributed by atoms with E-state index in [-0.39, 0.29) is 17.7 Å². The zero-order valence-electron chi connectivity index (χ0n) is 19.4. The number of allylic oxidation sites excluding steroid dienone is 1. The molecule has 3 aromatic rings. The molecule has 4 nitrogen and oxygen atoms in total. The van der Waals surface area contributed by atoms with E-state index in [0.29, 0.717) is 12.3 Å². The molecule has 0 fully saturated rings. The van der Waals surface area contributed by atoms with Crippen LogP contribution in [0.25, 0.3) is 0 Å². The fraction of sp³-hybridized carbons (Fsp3) is 0.276. The summed E-state index contributed by atoms with van der Waals surface area (Å²) >= 11 is 0. The van der Waals surface area contributed by atoms with E-state index in [1.165, 1.54) is 11.1 Å². The molecule has 0 amide bonds. The van der Waals surface area contributed by atoms with Gasteiger partial charge in [0.25, 0.3) is 0 Å². The molecule has 0 aromatic heterocycles. The third-order valence-electron chi connectivity index (χ3n) is 6.83. The average molecular weight is 439 g/mol. The second-order valence-corrected chi connectivity index (χ2v) is 9.26. The Morgan fingerprint density at radius 2 is 1.52 bits per heavy atom. The Bertz CT molecular complexity index is 1190. The lowest BCUT2D eigenvalue weighted by molar-refractivity contribution is -0.116. The standard InChI is InChI=1S/C29H30N2O2/c1-18(2)19-8-10-21(11-9-19)29-28-26(30-24-6-4-5-7-25(24)31-29)16-22(17-27(28)32)20-12-14-23(33-3)15-13-20/h4-15,18,22,29-31H,16-17H2,1-3H3. The number of benzene rings is 3. The monoisotopic (exact) mass is 438 g/mol. The van der Waals surface area contributed by atoms with Crippen LogP contribution in [0.15, 0.2) is 84.1 Å². The van der Waals surface area contributed by atoms with Crippen LogP contribution < -0.4 is 15.4 Å². The van der Waals surface area contributed by atoms with E-state index in [2.05, 4.69) is 73.0 Å². The maximum Gasteiger partial charge on any atom is 0.163 e. The third kappa shape index (κ3) is 4.13. The van der Waals surface area contributed by atoms with Crippen molar-refractivity contribution in [2.75, 3.05) is 17.7 Å². The van der Waals surface area contributed by atoms with Gasteiger partial charge in [-0.15, -0.1) is 0 Å². The Labute approximate surface area is 195 Å². The molecule has 0 bridgehead atoms. The predicted molar refractivity (Wildman–Crippen MR) is 134 cm³/mol. The summed E-state index contributed by atoms with van der Waals surface area (Å²) in [5.41, 5.74) is 7.47. The second-order valence-electron chi connectivity index (χ2n) is 9.26. The molecule has 168 valence electrons. The van der Waals surface area contributed by atoms with Crippen molar-refractivity contribution in [1.82, 2.24) is 0 Å². The average Bonchev–Trinajstić information content (AvgIpc) is 3.01. The molecule has 0 spiro atoms. The quantitative estimate of drug-likeness (QED) is 0.470. The van der Waals surface area contributed by atoms with Crippen molar-refractivity contribution in [3.05, 3.63) is 101 Å². The van der Waals surface area contributed by atoms with Gasteiger partial charge in [-0.2, -0.15) is 0 Å². The van der Waals surface area contributed by atoms with Crippen molar-refractivity contribution in [2.45, 2.75) is 44.6 Å². The van der Waals surface area contributed by atoms with Gasteiger partial charge in [-0.25, -0.2) is 0 Å². The molecule has 4 heteroatoms. The van der Waals surface area contributed by atoms with E-state index in [0.717, 1.165) is 40.4 Å². The Morgan fingerprint density at radius 1 is 0.848 bits per heavy atom. The first kappa shape index (κ1) is 21.3. The molecule has 1 aliphatic heterocycles. The van der Waals surface area contributed by atoms with E-state index in [1.54, 1.807) is 7.11 Å². The number of hydrogen-bond acceptors (Lipinski definition) is 4. The summed E-state index contributed by atoms with van der Waals surface area (Å²) in [4.78, 5) is 13.6. The largest absolute Gasteiger partial charge is 0.497 e. The van der Waals surface area contributed by atoms with E-state index in [1.807, 2.05) is 24.3 Å². The van der Waals surface area contributed by atoms with Gasteiger partial charge < -0.3 is 15.4 Å². The zero-order chi connectivity index (χ0) is 22.9. The first-order valence-corrected chi connectivity index (χ1v) is 11.7. The number of Topliss-reactive ketones (excluding diaryl/α,β-unsaturated/α-hetero) is 1. The van der Waals surface area contributed by atoms with Gasteiger partial charge >= 0.3 is 0 Å². The third-order valence-corrected chi connectivity index (χ3v) is 6.83. The van der Waals surface area contributed by atoms with Crippen molar-refractivity contribution in [3.63, 3.8) is 0 Å². The molecule has 2 aliphatic rings. The number of anilines is 2. The van der Waals surface area contributed by atoms with Crippen LogP contribution in [0, 0.1) is 0 Å². The van der Waals surface area contributed by atoms with Crippen LogP contribution in [0.5, 0.6) is 5.75 Å². The second kappa shape index (κ2) is 8.78. The molecule has 1 aliphatic carbocycles. The summed E-state index contributed by atoms with van der Waals surface area (Å²) in [7, 11) is 1.67. The lowest BCUT2D eigenvalue weighted by Crippen LogP contribution is -2.26. The SMILES string of the molecule is COc1ccc(C2CC(=O)C3=C(C2)Nc2ccccc2NC3c2ccc(C(C)C)cc2)cc1. The van der Waals surface area contributed by atoms with Gasteiger partial charge in [0.05, 0.1) is 24.5 Å². The molecule has 1 heterocycles. The Morgan fingerprint density at radius 3 is 2.18 bits per heavy atom. The van der Waals surface area contributed by atoms with Gasteiger partial charge in [0.1, 0.15) is 5.75 Å². The Hall–Kier alpha value is -3.53. The fourth-order valence-corrected chi connectivity index (χ4v) is 4.93. The maximum atomic E-state index is 13.6. The summed E-state index contributed by atoms with van der Waals surface area (Å²) in [6.45, 7) is 4.40. The van der Waals surface area contributed by atoms with Crippen molar-refractivity contribution in [1.29, 1.82) is 0 Å². The smallest absolute Gasteiger partial charge is 0.163 e. The number of para-hydroxylation sites is 2. The number of rotatable bonds is 4.